The largest absolute Gasteiger partial charge is 0.401 e. The maximum absolute atomic E-state index is 12.6. The number of aliphatic hydroxyl groups excluding tert-OH is 1. The molecule has 2 heterocycles. The van der Waals surface area contributed by atoms with Gasteiger partial charge in [0.05, 0.1) is 25.4 Å². The van der Waals surface area contributed by atoms with Crippen LogP contribution in [0.1, 0.15) is 19.3 Å². The molecular formula is C12H20F3NO3. The molecule has 2 fully saturated rings. The minimum Gasteiger partial charge on any atom is -0.395 e. The highest BCUT2D eigenvalue weighted by molar-refractivity contribution is 4.93. The third-order valence-electron chi connectivity index (χ3n) is 3.82. The Hall–Kier alpha value is -0.370. The summed E-state index contributed by atoms with van der Waals surface area (Å²) in [5, 5.41) is 8.96. The molecule has 0 aromatic heterocycles. The molecular weight excluding hydrogens is 263 g/mol. The molecule has 0 aromatic rings. The van der Waals surface area contributed by atoms with Crippen molar-refractivity contribution < 1.29 is 27.8 Å². The molecule has 2 unspecified atom stereocenters. The molecule has 112 valence electrons. The van der Waals surface area contributed by atoms with Gasteiger partial charge in [-0.1, -0.05) is 0 Å². The van der Waals surface area contributed by atoms with Crippen molar-refractivity contribution in [2.75, 3.05) is 39.5 Å². The summed E-state index contributed by atoms with van der Waals surface area (Å²) < 4.78 is 48.8. The van der Waals surface area contributed by atoms with Gasteiger partial charge in [0.1, 0.15) is 0 Å². The third kappa shape index (κ3) is 4.05. The summed E-state index contributed by atoms with van der Waals surface area (Å²) in [6.07, 6.45) is -2.39. The maximum atomic E-state index is 12.6. The standard InChI is InChI=1S/C12H20F3NO3/c13-12(14,15)8-16(3-4-17)10-1-5-19-11(7-10)2-6-18-9-11/h10,17H,1-9H2. The normalized spacial score (nSPS) is 32.4. The Labute approximate surface area is 110 Å². The van der Waals surface area contributed by atoms with Crippen molar-refractivity contribution >= 4 is 0 Å². The van der Waals surface area contributed by atoms with E-state index in [9.17, 15) is 13.2 Å². The van der Waals surface area contributed by atoms with Gasteiger partial charge in [-0.05, 0) is 12.8 Å². The second-order valence-corrected chi connectivity index (χ2v) is 5.29. The first-order chi connectivity index (χ1) is 8.94. The fraction of sp³-hybridized carbons (Fsp3) is 1.00. The Balaban J connectivity index is 1.99. The number of nitrogens with zero attached hydrogens (tertiary/aromatic N) is 1. The Morgan fingerprint density at radius 2 is 2.11 bits per heavy atom. The lowest BCUT2D eigenvalue weighted by Crippen LogP contribution is -2.52. The highest BCUT2D eigenvalue weighted by atomic mass is 19.4. The van der Waals surface area contributed by atoms with Crippen molar-refractivity contribution in [1.29, 1.82) is 0 Å². The number of hydrogen-bond acceptors (Lipinski definition) is 4. The molecule has 2 saturated heterocycles. The summed E-state index contributed by atoms with van der Waals surface area (Å²) in [4.78, 5) is 1.32. The van der Waals surface area contributed by atoms with E-state index in [0.717, 1.165) is 6.42 Å². The van der Waals surface area contributed by atoms with Crippen LogP contribution in [0.25, 0.3) is 0 Å². The van der Waals surface area contributed by atoms with Gasteiger partial charge in [0, 0.05) is 32.2 Å². The van der Waals surface area contributed by atoms with E-state index >= 15 is 0 Å². The van der Waals surface area contributed by atoms with Gasteiger partial charge < -0.3 is 14.6 Å². The third-order valence-corrected chi connectivity index (χ3v) is 3.82. The molecule has 1 N–H and O–H groups in total. The SMILES string of the molecule is OCCN(CC(F)(F)F)C1CCOC2(CCOC2)C1. The average molecular weight is 283 g/mol. The summed E-state index contributed by atoms with van der Waals surface area (Å²) in [6.45, 7) is 0.315. The Morgan fingerprint density at radius 3 is 2.68 bits per heavy atom. The molecule has 0 bridgehead atoms. The van der Waals surface area contributed by atoms with Crippen LogP contribution in [0.3, 0.4) is 0 Å². The van der Waals surface area contributed by atoms with E-state index in [2.05, 4.69) is 0 Å². The summed E-state index contributed by atoms with van der Waals surface area (Å²) >= 11 is 0. The zero-order chi connectivity index (χ0) is 13.9. The quantitative estimate of drug-likeness (QED) is 0.841. The van der Waals surface area contributed by atoms with Crippen molar-refractivity contribution in [3.8, 4) is 0 Å². The van der Waals surface area contributed by atoms with Gasteiger partial charge in [-0.15, -0.1) is 0 Å². The molecule has 0 aromatic carbocycles. The van der Waals surface area contributed by atoms with Crippen molar-refractivity contribution in [3.63, 3.8) is 0 Å². The van der Waals surface area contributed by atoms with Crippen LogP contribution < -0.4 is 0 Å². The molecule has 0 radical (unpaired) electrons. The van der Waals surface area contributed by atoms with E-state index in [1.165, 1.54) is 4.90 Å². The number of ether oxygens (including phenoxy) is 2. The van der Waals surface area contributed by atoms with Gasteiger partial charge >= 0.3 is 6.18 Å². The monoisotopic (exact) mass is 283 g/mol. The van der Waals surface area contributed by atoms with Crippen LogP contribution in [0, 0.1) is 0 Å². The van der Waals surface area contributed by atoms with Crippen molar-refractivity contribution in [3.05, 3.63) is 0 Å². The number of rotatable bonds is 4. The van der Waals surface area contributed by atoms with Crippen molar-refractivity contribution in [2.45, 2.75) is 37.1 Å². The zero-order valence-corrected chi connectivity index (χ0v) is 10.8. The fourth-order valence-electron chi connectivity index (χ4n) is 2.93. The topological polar surface area (TPSA) is 41.9 Å². The van der Waals surface area contributed by atoms with Crippen LogP contribution in [0.2, 0.25) is 0 Å². The Bertz CT molecular complexity index is 292. The van der Waals surface area contributed by atoms with E-state index in [1.807, 2.05) is 0 Å². The first kappa shape index (κ1) is 15.0. The Morgan fingerprint density at radius 1 is 1.32 bits per heavy atom. The fourth-order valence-corrected chi connectivity index (χ4v) is 2.93. The van der Waals surface area contributed by atoms with Gasteiger partial charge in [-0.25, -0.2) is 0 Å². The van der Waals surface area contributed by atoms with Crippen LogP contribution in [0.4, 0.5) is 13.2 Å². The second kappa shape index (κ2) is 5.95. The average Bonchev–Trinajstić information content (AvgIpc) is 2.75. The van der Waals surface area contributed by atoms with Crippen LogP contribution in [-0.4, -0.2) is 67.3 Å². The molecule has 0 amide bonds. The molecule has 0 saturated carbocycles. The smallest absolute Gasteiger partial charge is 0.395 e. The van der Waals surface area contributed by atoms with Gasteiger partial charge in [0.2, 0.25) is 0 Å². The lowest BCUT2D eigenvalue weighted by atomic mass is 9.89. The first-order valence-corrected chi connectivity index (χ1v) is 6.57. The summed E-state index contributed by atoms with van der Waals surface area (Å²) in [5.41, 5.74) is -0.414. The number of aliphatic hydroxyl groups is 1. The highest BCUT2D eigenvalue weighted by Crippen LogP contribution is 2.35. The molecule has 19 heavy (non-hydrogen) atoms. The van der Waals surface area contributed by atoms with Gasteiger partial charge in [-0.3, -0.25) is 4.90 Å². The molecule has 1 spiro atoms. The van der Waals surface area contributed by atoms with E-state index < -0.39 is 18.3 Å². The summed E-state index contributed by atoms with van der Waals surface area (Å²) in [5.74, 6) is 0. The summed E-state index contributed by atoms with van der Waals surface area (Å²) in [6, 6.07) is -0.204. The maximum Gasteiger partial charge on any atom is 0.401 e. The van der Waals surface area contributed by atoms with Crippen LogP contribution in [-0.2, 0) is 9.47 Å². The molecule has 2 rings (SSSR count). The van der Waals surface area contributed by atoms with E-state index in [-0.39, 0.29) is 19.2 Å². The van der Waals surface area contributed by atoms with Gasteiger partial charge in [-0.2, -0.15) is 13.2 Å². The van der Waals surface area contributed by atoms with Crippen molar-refractivity contribution in [1.82, 2.24) is 4.90 Å². The predicted octanol–water partition coefficient (Wildman–Crippen LogP) is 1.18. The summed E-state index contributed by atoms with van der Waals surface area (Å²) in [7, 11) is 0. The predicted molar refractivity (Wildman–Crippen MR) is 61.9 cm³/mol. The van der Waals surface area contributed by atoms with Gasteiger partial charge in [0.25, 0.3) is 0 Å². The highest BCUT2D eigenvalue weighted by Gasteiger charge is 2.44. The first-order valence-electron chi connectivity index (χ1n) is 6.57. The van der Waals surface area contributed by atoms with Crippen LogP contribution in [0.15, 0.2) is 0 Å². The second-order valence-electron chi connectivity index (χ2n) is 5.29. The van der Waals surface area contributed by atoms with Crippen molar-refractivity contribution in [2.24, 2.45) is 0 Å². The Kier molecular flexibility index (Phi) is 4.70. The lowest BCUT2D eigenvalue weighted by molar-refractivity contribution is -0.166. The molecule has 2 aliphatic rings. The number of alkyl halides is 3. The molecule has 2 atom stereocenters. The van der Waals surface area contributed by atoms with E-state index in [0.29, 0.717) is 32.7 Å². The van der Waals surface area contributed by atoms with E-state index in [1.54, 1.807) is 0 Å². The minimum atomic E-state index is -4.24. The number of halogens is 3. The van der Waals surface area contributed by atoms with Crippen LogP contribution in [0.5, 0.6) is 0 Å². The lowest BCUT2D eigenvalue weighted by Gasteiger charge is -2.42. The molecule has 7 heteroatoms. The molecule has 4 nitrogen and oxygen atoms in total. The molecule has 2 aliphatic heterocycles. The van der Waals surface area contributed by atoms with Crippen LogP contribution >= 0.6 is 0 Å². The minimum absolute atomic E-state index is 0.0428. The van der Waals surface area contributed by atoms with Gasteiger partial charge in [0.15, 0.2) is 0 Å². The van der Waals surface area contributed by atoms with E-state index in [4.69, 9.17) is 14.6 Å². The molecule has 0 aliphatic carbocycles. The number of hydrogen-bond donors (Lipinski definition) is 1. The zero-order valence-electron chi connectivity index (χ0n) is 10.8.